The van der Waals surface area contributed by atoms with Gasteiger partial charge in [-0.3, -0.25) is 0 Å². The Hall–Kier alpha value is -2.62. The zero-order chi connectivity index (χ0) is 13.8. The maximum Gasteiger partial charge on any atom is 0.334 e. The standard InChI is InChI=1S/C16H13NO3/c18-16(13-8-4-5-9-13)19-11-14-10-15(17-20-14)12-6-2-1-3-7-12/h1-8,10H,9,11H2. The number of hydrogen-bond acceptors (Lipinski definition) is 4. The van der Waals surface area contributed by atoms with Crippen LogP contribution in [0.15, 0.2) is 64.7 Å². The molecule has 0 atom stereocenters. The molecule has 1 aromatic carbocycles. The number of rotatable bonds is 4. The monoisotopic (exact) mass is 267 g/mol. The normalized spacial score (nSPS) is 13.3. The van der Waals surface area contributed by atoms with Crippen molar-refractivity contribution in [1.29, 1.82) is 0 Å². The Morgan fingerprint density at radius 1 is 1.30 bits per heavy atom. The zero-order valence-electron chi connectivity index (χ0n) is 10.8. The number of esters is 1. The van der Waals surface area contributed by atoms with Gasteiger partial charge in [0.25, 0.3) is 0 Å². The van der Waals surface area contributed by atoms with E-state index in [0.717, 1.165) is 11.3 Å². The van der Waals surface area contributed by atoms with E-state index in [0.29, 0.717) is 17.8 Å². The number of ether oxygens (including phenoxy) is 1. The number of allylic oxidation sites excluding steroid dienone is 3. The summed E-state index contributed by atoms with van der Waals surface area (Å²) < 4.78 is 10.4. The smallest absolute Gasteiger partial charge is 0.334 e. The maximum atomic E-state index is 11.7. The quantitative estimate of drug-likeness (QED) is 0.798. The largest absolute Gasteiger partial charge is 0.454 e. The van der Waals surface area contributed by atoms with Crippen molar-refractivity contribution >= 4 is 5.97 Å². The number of nitrogens with zero attached hydrogens (tertiary/aromatic N) is 1. The van der Waals surface area contributed by atoms with E-state index in [4.69, 9.17) is 9.26 Å². The number of benzene rings is 1. The van der Waals surface area contributed by atoms with Crippen molar-refractivity contribution in [3.63, 3.8) is 0 Å². The first kappa shape index (κ1) is 12.4. The Bertz CT molecular complexity index is 668. The second kappa shape index (κ2) is 5.57. The molecule has 3 rings (SSSR count). The summed E-state index contributed by atoms with van der Waals surface area (Å²) in [5, 5.41) is 3.97. The van der Waals surface area contributed by atoms with Gasteiger partial charge in [0.05, 0.1) is 0 Å². The summed E-state index contributed by atoms with van der Waals surface area (Å²) in [6, 6.07) is 11.5. The van der Waals surface area contributed by atoms with Crippen LogP contribution in [0.1, 0.15) is 12.2 Å². The van der Waals surface area contributed by atoms with Crippen LogP contribution < -0.4 is 0 Å². The van der Waals surface area contributed by atoms with Crippen LogP contribution in [0.2, 0.25) is 0 Å². The molecule has 0 saturated carbocycles. The second-order valence-electron chi connectivity index (χ2n) is 4.44. The van der Waals surface area contributed by atoms with Gasteiger partial charge in [0.15, 0.2) is 12.4 Å². The van der Waals surface area contributed by atoms with Crippen LogP contribution in [0.3, 0.4) is 0 Å². The van der Waals surface area contributed by atoms with Crippen LogP contribution in [0, 0.1) is 0 Å². The van der Waals surface area contributed by atoms with Crippen LogP contribution in [0.25, 0.3) is 11.3 Å². The Morgan fingerprint density at radius 3 is 2.90 bits per heavy atom. The van der Waals surface area contributed by atoms with Crippen molar-refractivity contribution in [2.45, 2.75) is 13.0 Å². The number of carbonyl (C=O) groups is 1. The molecule has 20 heavy (non-hydrogen) atoms. The van der Waals surface area contributed by atoms with Crippen molar-refractivity contribution in [2.24, 2.45) is 0 Å². The summed E-state index contributed by atoms with van der Waals surface area (Å²) in [5.41, 5.74) is 2.36. The van der Waals surface area contributed by atoms with Gasteiger partial charge < -0.3 is 9.26 Å². The molecule has 100 valence electrons. The summed E-state index contributed by atoms with van der Waals surface area (Å²) in [6.07, 6.45) is 6.15. The molecule has 0 amide bonds. The van der Waals surface area contributed by atoms with Crippen molar-refractivity contribution in [3.8, 4) is 11.3 Å². The third-order valence-corrected chi connectivity index (χ3v) is 3.01. The van der Waals surface area contributed by atoms with Crippen LogP contribution >= 0.6 is 0 Å². The first-order valence-corrected chi connectivity index (χ1v) is 6.37. The van der Waals surface area contributed by atoms with E-state index in [1.165, 1.54) is 0 Å². The molecule has 0 bridgehead atoms. The molecule has 0 aliphatic heterocycles. The van der Waals surface area contributed by atoms with Crippen LogP contribution in [-0.2, 0) is 16.1 Å². The summed E-state index contributed by atoms with van der Waals surface area (Å²) in [4.78, 5) is 11.7. The summed E-state index contributed by atoms with van der Waals surface area (Å²) in [7, 11) is 0. The third kappa shape index (κ3) is 2.69. The van der Waals surface area contributed by atoms with E-state index in [1.807, 2.05) is 42.5 Å². The lowest BCUT2D eigenvalue weighted by Crippen LogP contribution is -2.06. The van der Waals surface area contributed by atoms with E-state index in [9.17, 15) is 4.79 Å². The molecule has 0 unspecified atom stereocenters. The average Bonchev–Trinajstić information content (AvgIpc) is 3.17. The highest BCUT2D eigenvalue weighted by Gasteiger charge is 2.13. The van der Waals surface area contributed by atoms with Gasteiger partial charge in [-0.1, -0.05) is 53.7 Å². The minimum Gasteiger partial charge on any atom is -0.454 e. The van der Waals surface area contributed by atoms with Crippen LogP contribution in [0.4, 0.5) is 0 Å². The highest BCUT2D eigenvalue weighted by atomic mass is 16.5. The van der Waals surface area contributed by atoms with Gasteiger partial charge in [-0.25, -0.2) is 4.79 Å². The number of aromatic nitrogens is 1. The highest BCUT2D eigenvalue weighted by Crippen LogP contribution is 2.19. The highest BCUT2D eigenvalue weighted by molar-refractivity contribution is 5.89. The molecule has 1 aromatic heterocycles. The predicted octanol–water partition coefficient (Wildman–Crippen LogP) is 3.27. The molecule has 2 aromatic rings. The topological polar surface area (TPSA) is 52.3 Å². The number of carbonyl (C=O) groups excluding carboxylic acids is 1. The molecule has 0 radical (unpaired) electrons. The van der Waals surface area contributed by atoms with Crippen molar-refractivity contribution in [3.05, 3.63) is 66.0 Å². The third-order valence-electron chi connectivity index (χ3n) is 3.01. The van der Waals surface area contributed by atoms with Gasteiger partial charge in [0.1, 0.15) is 5.69 Å². The lowest BCUT2D eigenvalue weighted by atomic mass is 10.1. The number of hydrogen-bond donors (Lipinski definition) is 0. The van der Waals surface area contributed by atoms with E-state index >= 15 is 0 Å². The SMILES string of the molecule is O=C(OCc1cc(-c2ccccc2)no1)C1=CC=CC1. The molecule has 4 heteroatoms. The minimum atomic E-state index is -0.312. The fraction of sp³-hybridized carbons (Fsp3) is 0.125. The van der Waals surface area contributed by atoms with Crippen molar-refractivity contribution in [1.82, 2.24) is 5.16 Å². The Kier molecular flexibility index (Phi) is 3.46. The molecular formula is C16H13NO3. The van der Waals surface area contributed by atoms with Crippen LogP contribution in [-0.4, -0.2) is 11.1 Å². The average molecular weight is 267 g/mol. The van der Waals surface area contributed by atoms with Gasteiger partial charge in [-0.15, -0.1) is 0 Å². The van der Waals surface area contributed by atoms with E-state index in [2.05, 4.69) is 5.16 Å². The molecule has 0 saturated heterocycles. The predicted molar refractivity (Wildman–Crippen MR) is 73.6 cm³/mol. The zero-order valence-corrected chi connectivity index (χ0v) is 10.8. The fourth-order valence-electron chi connectivity index (χ4n) is 1.95. The molecule has 1 aliphatic carbocycles. The lowest BCUT2D eigenvalue weighted by molar-refractivity contribution is -0.140. The molecule has 0 fully saturated rings. The second-order valence-corrected chi connectivity index (χ2v) is 4.44. The Balaban J connectivity index is 1.62. The molecule has 0 N–H and O–H groups in total. The summed E-state index contributed by atoms with van der Waals surface area (Å²) >= 11 is 0. The van der Waals surface area contributed by atoms with E-state index in [-0.39, 0.29) is 12.6 Å². The summed E-state index contributed by atoms with van der Waals surface area (Å²) in [5.74, 6) is 0.219. The van der Waals surface area contributed by atoms with Crippen LogP contribution in [0.5, 0.6) is 0 Å². The van der Waals surface area contributed by atoms with Gasteiger partial charge in [-0.05, 0) is 6.42 Å². The van der Waals surface area contributed by atoms with Crippen molar-refractivity contribution in [2.75, 3.05) is 0 Å². The minimum absolute atomic E-state index is 0.0933. The molecular weight excluding hydrogens is 254 g/mol. The molecule has 1 aliphatic rings. The van der Waals surface area contributed by atoms with Crippen molar-refractivity contribution < 1.29 is 14.1 Å². The first-order chi connectivity index (χ1) is 9.83. The van der Waals surface area contributed by atoms with E-state index < -0.39 is 0 Å². The van der Waals surface area contributed by atoms with Gasteiger partial charge in [0, 0.05) is 17.2 Å². The molecule has 1 heterocycles. The maximum absolute atomic E-state index is 11.7. The Morgan fingerprint density at radius 2 is 2.15 bits per heavy atom. The van der Waals surface area contributed by atoms with E-state index in [1.54, 1.807) is 12.1 Å². The van der Waals surface area contributed by atoms with Gasteiger partial charge in [-0.2, -0.15) is 0 Å². The van der Waals surface area contributed by atoms with Gasteiger partial charge >= 0.3 is 5.97 Å². The molecule has 0 spiro atoms. The van der Waals surface area contributed by atoms with Gasteiger partial charge in [0.2, 0.25) is 0 Å². The summed E-state index contributed by atoms with van der Waals surface area (Å²) in [6.45, 7) is 0.0933. The molecule has 4 nitrogen and oxygen atoms in total. The lowest BCUT2D eigenvalue weighted by Gasteiger charge is -2.01. The first-order valence-electron chi connectivity index (χ1n) is 6.37. The Labute approximate surface area is 116 Å². The fourth-order valence-corrected chi connectivity index (χ4v) is 1.95.